The second-order valence-corrected chi connectivity index (χ2v) is 4.52. The maximum absolute atomic E-state index is 10.4. The molecular formula is C6H13BrOS. The van der Waals surface area contributed by atoms with E-state index in [2.05, 4.69) is 12.5 Å². The lowest BCUT2D eigenvalue weighted by Gasteiger charge is -1.90. The second kappa shape index (κ2) is 6.62. The lowest BCUT2D eigenvalue weighted by molar-refractivity contribution is -0.116. The first-order chi connectivity index (χ1) is 3.63. The Balaban J connectivity index is 0. The van der Waals surface area contributed by atoms with E-state index in [1.807, 2.05) is 0 Å². The summed E-state index contributed by atoms with van der Waals surface area (Å²) in [5.74, 6) is 1.38. The lowest BCUT2D eigenvalue weighted by atomic mass is 10.4. The molecule has 0 aromatic rings. The van der Waals surface area contributed by atoms with Gasteiger partial charge in [0, 0.05) is 0 Å². The average molecular weight is 213 g/mol. The highest BCUT2D eigenvalue weighted by molar-refractivity contribution is 7.95. The summed E-state index contributed by atoms with van der Waals surface area (Å²) in [7, 11) is 0.443. The summed E-state index contributed by atoms with van der Waals surface area (Å²) >= 11 is 0. The minimum atomic E-state index is 0. The molecule has 0 atom stereocenters. The van der Waals surface area contributed by atoms with Crippen molar-refractivity contribution in [1.82, 2.24) is 0 Å². The van der Waals surface area contributed by atoms with E-state index in [1.54, 1.807) is 6.92 Å². The standard InChI is InChI=1S/C6H13OS.BrH/c1-6(7)4-5-8(2)3;/h4-5H2,1-3H3;1H/q+1;/p-1. The number of halogens is 1. The molecule has 9 heavy (non-hydrogen) atoms. The van der Waals surface area contributed by atoms with Crippen LogP contribution in [-0.2, 0) is 15.7 Å². The van der Waals surface area contributed by atoms with E-state index in [0.29, 0.717) is 16.7 Å². The fourth-order valence-electron chi connectivity index (χ4n) is 0.348. The molecule has 0 fully saturated rings. The molecule has 0 radical (unpaired) electrons. The van der Waals surface area contributed by atoms with Gasteiger partial charge in [-0.15, -0.1) is 0 Å². The molecule has 0 N–H and O–H groups in total. The summed E-state index contributed by atoms with van der Waals surface area (Å²) in [6.45, 7) is 1.65. The number of hydrogen-bond donors (Lipinski definition) is 0. The van der Waals surface area contributed by atoms with Crippen LogP contribution in [0.4, 0.5) is 0 Å². The third kappa shape index (κ3) is 11.9. The molecule has 0 bridgehead atoms. The molecule has 0 aliphatic heterocycles. The van der Waals surface area contributed by atoms with Gasteiger partial charge in [0.05, 0.1) is 18.9 Å². The molecule has 0 amide bonds. The molecule has 3 heteroatoms. The molecule has 0 saturated carbocycles. The molecule has 0 aliphatic carbocycles. The third-order valence-corrected chi connectivity index (χ3v) is 1.88. The van der Waals surface area contributed by atoms with E-state index in [9.17, 15) is 4.79 Å². The van der Waals surface area contributed by atoms with E-state index in [4.69, 9.17) is 0 Å². The molecule has 56 valence electrons. The first kappa shape index (κ1) is 12.2. The van der Waals surface area contributed by atoms with Crippen LogP contribution in [0.3, 0.4) is 0 Å². The fraction of sp³-hybridized carbons (Fsp3) is 0.833. The quantitative estimate of drug-likeness (QED) is 0.488. The van der Waals surface area contributed by atoms with Crippen molar-refractivity contribution in [3.8, 4) is 0 Å². The summed E-state index contributed by atoms with van der Waals surface area (Å²) in [5.41, 5.74) is 0. The molecule has 0 heterocycles. The summed E-state index contributed by atoms with van der Waals surface area (Å²) in [6.07, 6.45) is 5.07. The molecule has 0 saturated heterocycles. The summed E-state index contributed by atoms with van der Waals surface area (Å²) in [5, 5.41) is 0. The maximum Gasteiger partial charge on any atom is 0.134 e. The summed E-state index contributed by atoms with van der Waals surface area (Å²) in [4.78, 5) is 10.4. The van der Waals surface area contributed by atoms with Crippen molar-refractivity contribution in [2.75, 3.05) is 18.3 Å². The molecule has 0 rings (SSSR count). The highest BCUT2D eigenvalue weighted by Gasteiger charge is 2.02. The Labute approximate surface area is 70.3 Å². The zero-order valence-corrected chi connectivity index (χ0v) is 8.51. The van der Waals surface area contributed by atoms with Crippen LogP contribution in [-0.4, -0.2) is 24.0 Å². The molecular weight excluding hydrogens is 200 g/mol. The Morgan fingerprint density at radius 1 is 1.44 bits per heavy atom. The lowest BCUT2D eigenvalue weighted by Crippen LogP contribution is -3.00. The minimum absolute atomic E-state index is 0. The van der Waals surface area contributed by atoms with Crippen LogP contribution in [0.5, 0.6) is 0 Å². The van der Waals surface area contributed by atoms with E-state index < -0.39 is 0 Å². The van der Waals surface area contributed by atoms with E-state index in [1.165, 1.54) is 0 Å². The number of Topliss-reactive ketones (excluding diaryl/α,β-unsaturated/α-hetero) is 1. The van der Waals surface area contributed by atoms with Gasteiger partial charge in [-0.2, -0.15) is 0 Å². The maximum atomic E-state index is 10.4. The second-order valence-electron chi connectivity index (χ2n) is 2.14. The number of carbonyl (C=O) groups is 1. The Kier molecular flexibility index (Phi) is 8.97. The van der Waals surface area contributed by atoms with Gasteiger partial charge in [0.25, 0.3) is 0 Å². The van der Waals surface area contributed by atoms with Crippen LogP contribution in [0.25, 0.3) is 0 Å². The highest BCUT2D eigenvalue weighted by atomic mass is 79.9. The monoisotopic (exact) mass is 212 g/mol. The van der Waals surface area contributed by atoms with Crippen molar-refractivity contribution in [3.63, 3.8) is 0 Å². The normalized spacial score (nSPS) is 8.89. The Hall–Kier alpha value is 0.500. The first-order valence-electron chi connectivity index (χ1n) is 2.66. The predicted octanol–water partition coefficient (Wildman–Crippen LogP) is -2.15. The average Bonchev–Trinajstić information content (AvgIpc) is 1.61. The molecule has 0 aliphatic rings. The van der Waals surface area contributed by atoms with Crippen molar-refractivity contribution in [2.24, 2.45) is 0 Å². The number of ketones is 1. The zero-order chi connectivity index (χ0) is 6.57. The van der Waals surface area contributed by atoms with Gasteiger partial charge in [0.2, 0.25) is 0 Å². The van der Waals surface area contributed by atoms with Gasteiger partial charge in [0.15, 0.2) is 0 Å². The Bertz CT molecular complexity index is 83.1. The number of hydrogen-bond acceptors (Lipinski definition) is 1. The van der Waals surface area contributed by atoms with E-state index in [-0.39, 0.29) is 17.0 Å². The van der Waals surface area contributed by atoms with Gasteiger partial charge < -0.3 is 17.0 Å². The van der Waals surface area contributed by atoms with Gasteiger partial charge in [-0.1, -0.05) is 0 Å². The van der Waals surface area contributed by atoms with Crippen LogP contribution in [0.15, 0.2) is 0 Å². The molecule has 0 aromatic carbocycles. The van der Waals surface area contributed by atoms with Gasteiger partial charge in [-0.05, 0) is 17.8 Å². The van der Waals surface area contributed by atoms with Crippen molar-refractivity contribution in [2.45, 2.75) is 13.3 Å². The van der Waals surface area contributed by atoms with E-state index in [0.717, 1.165) is 12.2 Å². The number of carbonyl (C=O) groups excluding carboxylic acids is 1. The van der Waals surface area contributed by atoms with Crippen molar-refractivity contribution >= 4 is 16.7 Å². The molecule has 0 spiro atoms. The van der Waals surface area contributed by atoms with Crippen LogP contribution < -0.4 is 17.0 Å². The largest absolute Gasteiger partial charge is 1.00 e. The van der Waals surface area contributed by atoms with Crippen LogP contribution in [0, 0.1) is 0 Å². The van der Waals surface area contributed by atoms with Crippen molar-refractivity contribution in [1.29, 1.82) is 0 Å². The van der Waals surface area contributed by atoms with Gasteiger partial charge in [-0.25, -0.2) is 0 Å². The molecule has 0 unspecified atom stereocenters. The first-order valence-corrected chi connectivity index (χ1v) is 4.87. The zero-order valence-electron chi connectivity index (χ0n) is 6.11. The fourth-order valence-corrected chi connectivity index (χ4v) is 1.04. The van der Waals surface area contributed by atoms with Crippen LogP contribution in [0.2, 0.25) is 0 Å². The Morgan fingerprint density at radius 3 is 2.00 bits per heavy atom. The summed E-state index contributed by atoms with van der Waals surface area (Å²) < 4.78 is 0. The highest BCUT2D eigenvalue weighted by Crippen LogP contribution is 1.89. The Morgan fingerprint density at radius 2 is 1.89 bits per heavy atom. The summed E-state index contributed by atoms with van der Waals surface area (Å²) in [6, 6.07) is 0. The van der Waals surface area contributed by atoms with Gasteiger partial charge in [-0.3, -0.25) is 4.79 Å². The van der Waals surface area contributed by atoms with E-state index >= 15 is 0 Å². The SMILES string of the molecule is CC(=O)CC[S+](C)C.[Br-]. The minimum Gasteiger partial charge on any atom is -1.00 e. The van der Waals surface area contributed by atoms with Crippen molar-refractivity contribution in [3.05, 3.63) is 0 Å². The van der Waals surface area contributed by atoms with Crippen LogP contribution in [0.1, 0.15) is 13.3 Å². The van der Waals surface area contributed by atoms with Gasteiger partial charge in [0.1, 0.15) is 11.5 Å². The number of rotatable bonds is 3. The smallest absolute Gasteiger partial charge is 0.134 e. The molecule has 1 nitrogen and oxygen atoms in total. The van der Waals surface area contributed by atoms with Gasteiger partial charge >= 0.3 is 0 Å². The van der Waals surface area contributed by atoms with Crippen molar-refractivity contribution < 1.29 is 21.8 Å². The third-order valence-electron chi connectivity index (χ3n) is 0.862. The molecule has 0 aromatic heterocycles. The topological polar surface area (TPSA) is 17.1 Å². The van der Waals surface area contributed by atoms with Crippen LogP contribution >= 0.6 is 0 Å². The predicted molar refractivity (Wildman–Crippen MR) is 39.4 cm³/mol.